The van der Waals surface area contributed by atoms with Crippen LogP contribution in [0.1, 0.15) is 25.3 Å². The topological polar surface area (TPSA) is 55.3 Å². The molecule has 0 atom stereocenters. The van der Waals surface area contributed by atoms with Crippen molar-refractivity contribution in [1.29, 1.82) is 0 Å². The molecule has 0 unspecified atom stereocenters. The van der Waals surface area contributed by atoms with Crippen molar-refractivity contribution in [3.63, 3.8) is 0 Å². The van der Waals surface area contributed by atoms with Crippen LogP contribution in [-0.4, -0.2) is 40.5 Å². The summed E-state index contributed by atoms with van der Waals surface area (Å²) in [5.41, 5.74) is 0.797. The molecule has 0 bridgehead atoms. The number of ether oxygens (including phenoxy) is 1. The van der Waals surface area contributed by atoms with Crippen LogP contribution in [0, 0.1) is 0 Å². The zero-order chi connectivity index (χ0) is 12.8. The van der Waals surface area contributed by atoms with Crippen molar-refractivity contribution in [3.05, 3.63) is 24.0 Å². The third-order valence-corrected chi connectivity index (χ3v) is 2.76. The van der Waals surface area contributed by atoms with Crippen molar-refractivity contribution in [2.24, 2.45) is 0 Å². The van der Waals surface area contributed by atoms with Gasteiger partial charge in [0.15, 0.2) is 0 Å². The van der Waals surface area contributed by atoms with E-state index in [1.54, 1.807) is 24.5 Å². The van der Waals surface area contributed by atoms with Crippen molar-refractivity contribution in [2.45, 2.75) is 19.8 Å². The van der Waals surface area contributed by atoms with Crippen LogP contribution in [0.25, 0.3) is 6.08 Å². The second-order valence-electron chi connectivity index (χ2n) is 4.10. The van der Waals surface area contributed by atoms with E-state index in [1.807, 2.05) is 11.8 Å². The molecule has 0 N–H and O–H groups in total. The molecule has 2 rings (SSSR count). The van der Waals surface area contributed by atoms with E-state index in [1.165, 1.54) is 0 Å². The Kier molecular flexibility index (Phi) is 4.28. The molecule has 0 aliphatic carbocycles. The quantitative estimate of drug-likeness (QED) is 0.757. The fourth-order valence-corrected chi connectivity index (χ4v) is 1.83. The lowest BCUT2D eigenvalue weighted by Crippen LogP contribution is -2.25. The molecule has 1 fully saturated rings. The number of amides is 1. The third-order valence-electron chi connectivity index (χ3n) is 2.76. The molecule has 0 spiro atoms. The number of carbonyl (C=O) groups is 1. The van der Waals surface area contributed by atoms with E-state index in [2.05, 4.69) is 9.97 Å². The van der Waals surface area contributed by atoms with Crippen LogP contribution in [0.15, 0.2) is 18.5 Å². The van der Waals surface area contributed by atoms with E-state index < -0.39 is 0 Å². The summed E-state index contributed by atoms with van der Waals surface area (Å²) in [6, 6.07) is 0.362. The number of hydrogen-bond donors (Lipinski definition) is 0. The lowest BCUT2D eigenvalue weighted by molar-refractivity contribution is -0.124. The zero-order valence-electron chi connectivity index (χ0n) is 10.5. The summed E-state index contributed by atoms with van der Waals surface area (Å²) < 4.78 is 5.15. The first-order chi connectivity index (χ1) is 8.79. The number of likely N-dealkylation sites (tertiary alicyclic amines) is 1. The number of hydrogen-bond acceptors (Lipinski definition) is 4. The van der Waals surface area contributed by atoms with E-state index >= 15 is 0 Å². The molecule has 0 radical (unpaired) electrons. The van der Waals surface area contributed by atoms with Gasteiger partial charge in [0.1, 0.15) is 0 Å². The van der Waals surface area contributed by atoms with Gasteiger partial charge in [0, 0.05) is 37.1 Å². The normalized spacial score (nSPS) is 15.3. The van der Waals surface area contributed by atoms with Gasteiger partial charge in [-0.2, -0.15) is 0 Å². The fourth-order valence-electron chi connectivity index (χ4n) is 1.83. The predicted molar refractivity (Wildman–Crippen MR) is 68.0 cm³/mol. The fraction of sp³-hybridized carbons (Fsp3) is 0.462. The van der Waals surface area contributed by atoms with E-state index in [0.717, 1.165) is 31.5 Å². The van der Waals surface area contributed by atoms with E-state index in [-0.39, 0.29) is 5.91 Å². The lowest BCUT2D eigenvalue weighted by atomic mass is 10.3. The van der Waals surface area contributed by atoms with Gasteiger partial charge in [0.05, 0.1) is 6.61 Å². The molecular formula is C13H17N3O2. The SMILES string of the molecule is CCOc1ncc(/C=C/C(=O)N2CCCC2)cn1. The number of rotatable bonds is 4. The molecule has 5 nitrogen and oxygen atoms in total. The minimum absolute atomic E-state index is 0.0568. The maximum atomic E-state index is 11.8. The molecule has 2 heterocycles. The summed E-state index contributed by atoms with van der Waals surface area (Å²) in [7, 11) is 0. The van der Waals surface area contributed by atoms with Crippen molar-refractivity contribution >= 4 is 12.0 Å². The predicted octanol–water partition coefficient (Wildman–Crippen LogP) is 1.51. The highest BCUT2D eigenvalue weighted by Crippen LogP contribution is 2.09. The molecule has 0 saturated carbocycles. The van der Waals surface area contributed by atoms with Crippen molar-refractivity contribution < 1.29 is 9.53 Å². The van der Waals surface area contributed by atoms with Crippen LogP contribution in [-0.2, 0) is 4.79 Å². The van der Waals surface area contributed by atoms with Crippen LogP contribution in [0.4, 0.5) is 0 Å². The summed E-state index contributed by atoms with van der Waals surface area (Å²) in [6.07, 6.45) is 8.80. The molecule has 96 valence electrons. The second kappa shape index (κ2) is 6.14. The van der Waals surface area contributed by atoms with Crippen LogP contribution in [0.5, 0.6) is 6.01 Å². The highest BCUT2D eigenvalue weighted by Gasteiger charge is 2.14. The standard InChI is InChI=1S/C13H17N3O2/c1-2-18-13-14-9-11(10-15-13)5-6-12(17)16-7-3-4-8-16/h5-6,9-10H,2-4,7-8H2,1H3/b6-5+. The molecule has 1 saturated heterocycles. The smallest absolute Gasteiger partial charge is 0.316 e. The first kappa shape index (κ1) is 12.5. The van der Waals surface area contributed by atoms with Gasteiger partial charge in [-0.25, -0.2) is 9.97 Å². The molecule has 1 aromatic rings. The summed E-state index contributed by atoms with van der Waals surface area (Å²) in [4.78, 5) is 21.7. The number of aromatic nitrogens is 2. The van der Waals surface area contributed by atoms with Gasteiger partial charge >= 0.3 is 6.01 Å². The van der Waals surface area contributed by atoms with Crippen molar-refractivity contribution in [2.75, 3.05) is 19.7 Å². The zero-order valence-corrected chi connectivity index (χ0v) is 10.5. The Hall–Kier alpha value is -1.91. The average Bonchev–Trinajstić information content (AvgIpc) is 2.92. The van der Waals surface area contributed by atoms with Crippen molar-refractivity contribution in [1.82, 2.24) is 14.9 Å². The minimum Gasteiger partial charge on any atom is -0.464 e. The average molecular weight is 247 g/mol. The Morgan fingerprint density at radius 3 is 2.67 bits per heavy atom. The summed E-state index contributed by atoms with van der Waals surface area (Å²) in [5, 5.41) is 0. The Morgan fingerprint density at radius 1 is 1.39 bits per heavy atom. The molecule has 1 aromatic heterocycles. The summed E-state index contributed by atoms with van der Waals surface area (Å²) in [6.45, 7) is 4.15. The summed E-state index contributed by atoms with van der Waals surface area (Å²) in [5.74, 6) is 0.0568. The first-order valence-electron chi connectivity index (χ1n) is 6.21. The summed E-state index contributed by atoms with van der Waals surface area (Å²) >= 11 is 0. The van der Waals surface area contributed by atoms with Crippen LogP contribution in [0.2, 0.25) is 0 Å². The molecule has 1 aliphatic rings. The van der Waals surface area contributed by atoms with Gasteiger partial charge in [0.2, 0.25) is 5.91 Å². The van der Waals surface area contributed by atoms with Crippen LogP contribution >= 0.6 is 0 Å². The molecule has 1 aliphatic heterocycles. The number of nitrogens with zero attached hydrogens (tertiary/aromatic N) is 3. The lowest BCUT2D eigenvalue weighted by Gasteiger charge is -2.11. The van der Waals surface area contributed by atoms with Crippen LogP contribution < -0.4 is 4.74 Å². The van der Waals surface area contributed by atoms with Gasteiger partial charge in [-0.05, 0) is 25.8 Å². The van der Waals surface area contributed by atoms with E-state index in [0.29, 0.717) is 12.6 Å². The maximum Gasteiger partial charge on any atom is 0.316 e. The van der Waals surface area contributed by atoms with Crippen LogP contribution in [0.3, 0.4) is 0 Å². The Balaban J connectivity index is 1.93. The van der Waals surface area contributed by atoms with Gasteiger partial charge in [-0.1, -0.05) is 0 Å². The van der Waals surface area contributed by atoms with Gasteiger partial charge in [-0.15, -0.1) is 0 Å². The Bertz CT molecular complexity index is 422. The maximum absolute atomic E-state index is 11.8. The monoisotopic (exact) mass is 247 g/mol. The van der Waals surface area contributed by atoms with E-state index in [9.17, 15) is 4.79 Å². The molecule has 18 heavy (non-hydrogen) atoms. The second-order valence-corrected chi connectivity index (χ2v) is 4.10. The Morgan fingerprint density at radius 2 is 2.06 bits per heavy atom. The van der Waals surface area contributed by atoms with Crippen molar-refractivity contribution in [3.8, 4) is 6.01 Å². The minimum atomic E-state index is 0.0568. The Labute approximate surface area is 106 Å². The highest BCUT2D eigenvalue weighted by molar-refractivity contribution is 5.91. The highest BCUT2D eigenvalue weighted by atomic mass is 16.5. The molecular weight excluding hydrogens is 230 g/mol. The number of carbonyl (C=O) groups excluding carboxylic acids is 1. The van der Waals surface area contributed by atoms with Gasteiger partial charge in [-0.3, -0.25) is 4.79 Å². The van der Waals surface area contributed by atoms with E-state index in [4.69, 9.17) is 4.74 Å². The molecule has 0 aromatic carbocycles. The first-order valence-corrected chi connectivity index (χ1v) is 6.21. The molecule has 5 heteroatoms. The largest absolute Gasteiger partial charge is 0.464 e. The third kappa shape index (κ3) is 3.29. The van der Waals surface area contributed by atoms with Gasteiger partial charge < -0.3 is 9.64 Å². The van der Waals surface area contributed by atoms with Gasteiger partial charge in [0.25, 0.3) is 0 Å². The molecule has 1 amide bonds.